The van der Waals surface area contributed by atoms with E-state index in [1.54, 1.807) is 18.3 Å². The van der Waals surface area contributed by atoms with Crippen molar-refractivity contribution in [1.82, 2.24) is 29.7 Å². The number of alkyl halides is 2. The Bertz CT molecular complexity index is 2250. The smallest absolute Gasteiger partial charge is 0.411 e. The van der Waals surface area contributed by atoms with E-state index >= 15 is 8.78 Å². The molecule has 1 amide bonds. The van der Waals surface area contributed by atoms with Crippen LogP contribution in [0.1, 0.15) is 94.2 Å². The lowest BCUT2D eigenvalue weighted by Crippen LogP contribution is -2.43. The molecular formula is C41H42F2N6O2. The number of carbonyl (C=O) groups excluding carboxylic acids is 1. The molecule has 1 unspecified atom stereocenters. The summed E-state index contributed by atoms with van der Waals surface area (Å²) in [7, 11) is 2.15. The van der Waals surface area contributed by atoms with Crippen LogP contribution in [0.25, 0.3) is 44.5 Å². The standard InChI is InChI=1S/C41H42F2N6O2/c1-39(2,3)51-38(50)49-26-9-5-25(15-26)35(49)37-45-31-12-8-23(18-32(31)46-37)22-6-10-27-28-11-7-24(17-30(28)41(42,43)29(27)16-22)33-20-44-36(47-33)34-19-40(13-14-40)21-48(34)4/h6-8,10-12,16-18,20,25-26,34-35H,5,9,13-15,19,21H2,1-4H3,(H,44,47)(H,45,46)/t25-,26+,34?,35-/m0/s1. The molecule has 2 aromatic heterocycles. The van der Waals surface area contributed by atoms with E-state index in [1.807, 2.05) is 68.1 Å². The molecule has 2 aliphatic heterocycles. The van der Waals surface area contributed by atoms with E-state index in [0.717, 1.165) is 66.2 Å². The Morgan fingerprint density at radius 2 is 1.63 bits per heavy atom. The van der Waals surface area contributed by atoms with Gasteiger partial charge in [0.25, 0.3) is 5.92 Å². The van der Waals surface area contributed by atoms with Gasteiger partial charge in [-0.05, 0) is 124 Å². The van der Waals surface area contributed by atoms with E-state index in [1.165, 1.54) is 12.8 Å². The highest BCUT2D eigenvalue weighted by Crippen LogP contribution is 2.58. The number of rotatable bonds is 4. The van der Waals surface area contributed by atoms with Crippen molar-refractivity contribution in [2.75, 3.05) is 13.6 Å². The van der Waals surface area contributed by atoms with E-state index in [0.29, 0.717) is 33.6 Å². The molecule has 4 atom stereocenters. The molecule has 3 aromatic carbocycles. The number of halogens is 2. The Morgan fingerprint density at radius 1 is 0.922 bits per heavy atom. The lowest BCUT2D eigenvalue weighted by atomic mass is 9.98. The molecule has 4 heterocycles. The molecule has 2 N–H and O–H groups in total. The van der Waals surface area contributed by atoms with Crippen LogP contribution in [-0.2, 0) is 10.7 Å². The zero-order valence-corrected chi connectivity index (χ0v) is 29.4. The fraction of sp³-hybridized carbons (Fsp3) is 0.439. The highest BCUT2D eigenvalue weighted by atomic mass is 19.3. The molecular weight excluding hydrogens is 646 g/mol. The zero-order chi connectivity index (χ0) is 35.0. The predicted octanol–water partition coefficient (Wildman–Crippen LogP) is 9.36. The van der Waals surface area contributed by atoms with Crippen molar-refractivity contribution >= 4 is 17.1 Å². The van der Waals surface area contributed by atoms with Gasteiger partial charge in [0.05, 0.1) is 35.0 Å². The number of H-pyrrole nitrogens is 2. The first-order valence-corrected chi connectivity index (χ1v) is 18.3. The van der Waals surface area contributed by atoms with Gasteiger partial charge in [-0.3, -0.25) is 9.80 Å². The Morgan fingerprint density at radius 3 is 2.35 bits per heavy atom. The SMILES string of the molecule is CN1CC2(CC2)CC1c1ncc(-c2ccc3c(c2)C(F)(F)c2cc(-c4ccc5nc([C@@H]6[C@H]7CC[C@H](C7)N6C(=O)OC(C)(C)C)[nH]c5c4)ccc2-3)[nH]1. The Balaban J connectivity index is 0.931. The number of carbonyl (C=O) groups is 1. The molecule has 8 nitrogen and oxygen atoms in total. The van der Waals surface area contributed by atoms with Gasteiger partial charge in [0.1, 0.15) is 17.2 Å². The van der Waals surface area contributed by atoms with Gasteiger partial charge >= 0.3 is 6.09 Å². The van der Waals surface area contributed by atoms with Crippen LogP contribution in [0.4, 0.5) is 13.6 Å². The van der Waals surface area contributed by atoms with Gasteiger partial charge < -0.3 is 14.7 Å². The number of piperidine rings is 1. The van der Waals surface area contributed by atoms with Gasteiger partial charge in [-0.25, -0.2) is 14.8 Å². The summed E-state index contributed by atoms with van der Waals surface area (Å²) >= 11 is 0. The van der Waals surface area contributed by atoms with Crippen molar-refractivity contribution in [3.05, 3.63) is 83.6 Å². The molecule has 2 saturated heterocycles. The van der Waals surface area contributed by atoms with Crippen molar-refractivity contribution < 1.29 is 18.3 Å². The van der Waals surface area contributed by atoms with Gasteiger partial charge in [-0.15, -0.1) is 0 Å². The second kappa shape index (κ2) is 10.5. The third-order valence-electron chi connectivity index (χ3n) is 12.2. The van der Waals surface area contributed by atoms with Gasteiger partial charge in [0.15, 0.2) is 0 Å². The number of fused-ring (bicyclic) bond motifs is 6. The normalized spacial score (nSPS) is 25.6. The van der Waals surface area contributed by atoms with E-state index in [2.05, 4.69) is 21.9 Å². The maximum atomic E-state index is 16.3. The molecule has 5 aromatic rings. The fourth-order valence-electron chi connectivity index (χ4n) is 9.60. The number of benzene rings is 3. The molecule has 5 aliphatic rings. The summed E-state index contributed by atoms with van der Waals surface area (Å²) in [5, 5.41) is 0. The van der Waals surface area contributed by atoms with Crippen LogP contribution in [0.2, 0.25) is 0 Å². The maximum absolute atomic E-state index is 16.3. The summed E-state index contributed by atoms with van der Waals surface area (Å²) in [4.78, 5) is 34.1. The fourth-order valence-corrected chi connectivity index (χ4v) is 9.60. The number of nitrogens with zero attached hydrogens (tertiary/aromatic N) is 4. The molecule has 1 spiro atoms. The highest BCUT2D eigenvalue weighted by Gasteiger charge is 2.53. The van der Waals surface area contributed by atoms with Crippen LogP contribution in [0, 0.1) is 11.3 Å². The zero-order valence-electron chi connectivity index (χ0n) is 29.4. The Labute approximate surface area is 295 Å². The lowest BCUT2D eigenvalue weighted by molar-refractivity contribution is 0.00621. The van der Waals surface area contributed by atoms with E-state index in [9.17, 15) is 4.79 Å². The number of aromatic nitrogens is 4. The number of hydrogen-bond donors (Lipinski definition) is 2. The quantitative estimate of drug-likeness (QED) is 0.196. The highest BCUT2D eigenvalue weighted by molar-refractivity contribution is 5.87. The summed E-state index contributed by atoms with van der Waals surface area (Å²) in [6, 6.07) is 16.8. The van der Waals surface area contributed by atoms with Crippen molar-refractivity contribution in [3.63, 3.8) is 0 Å². The van der Waals surface area contributed by atoms with Crippen molar-refractivity contribution in [2.45, 2.75) is 88.9 Å². The molecule has 10 heteroatoms. The first-order chi connectivity index (χ1) is 24.4. The van der Waals surface area contributed by atoms with Crippen molar-refractivity contribution in [2.24, 2.45) is 11.3 Å². The molecule has 262 valence electrons. The third-order valence-corrected chi connectivity index (χ3v) is 12.2. The summed E-state index contributed by atoms with van der Waals surface area (Å²) in [5.74, 6) is -1.17. The average Bonchev–Trinajstić information content (AvgIpc) is 3.72. The number of ether oxygens (including phenoxy) is 1. The van der Waals surface area contributed by atoms with Crippen molar-refractivity contribution in [1.29, 1.82) is 0 Å². The third kappa shape index (κ3) is 4.89. The molecule has 4 fully saturated rings. The number of likely N-dealkylation sites (tertiary alicyclic amines) is 2. The molecule has 2 saturated carbocycles. The van der Waals surface area contributed by atoms with E-state index < -0.39 is 11.5 Å². The lowest BCUT2D eigenvalue weighted by Gasteiger charge is -2.35. The van der Waals surface area contributed by atoms with Crippen LogP contribution < -0.4 is 0 Å². The van der Waals surface area contributed by atoms with Crippen LogP contribution in [0.3, 0.4) is 0 Å². The molecule has 10 rings (SSSR count). The Kier molecular flexibility index (Phi) is 6.42. The maximum Gasteiger partial charge on any atom is 0.411 e. The minimum Gasteiger partial charge on any atom is -0.444 e. The van der Waals surface area contributed by atoms with Gasteiger partial charge in [0.2, 0.25) is 0 Å². The van der Waals surface area contributed by atoms with Crippen LogP contribution in [-0.4, -0.2) is 61.1 Å². The molecule has 2 bridgehead atoms. The van der Waals surface area contributed by atoms with Crippen LogP contribution >= 0.6 is 0 Å². The molecule has 0 radical (unpaired) electrons. The second-order valence-electron chi connectivity index (χ2n) is 16.8. The Hall–Kier alpha value is -4.57. The van der Waals surface area contributed by atoms with Crippen LogP contribution in [0.5, 0.6) is 0 Å². The molecule has 3 aliphatic carbocycles. The van der Waals surface area contributed by atoms with Gasteiger partial charge in [-0.1, -0.05) is 30.3 Å². The first-order valence-electron chi connectivity index (χ1n) is 18.3. The van der Waals surface area contributed by atoms with Gasteiger partial charge in [0, 0.05) is 29.3 Å². The van der Waals surface area contributed by atoms with Gasteiger partial charge in [-0.2, -0.15) is 8.78 Å². The molecule has 51 heavy (non-hydrogen) atoms. The number of imidazole rings is 2. The average molecular weight is 689 g/mol. The monoisotopic (exact) mass is 688 g/mol. The summed E-state index contributed by atoms with van der Waals surface area (Å²) < 4.78 is 38.5. The van der Waals surface area contributed by atoms with E-state index in [4.69, 9.17) is 14.7 Å². The number of hydrogen-bond acceptors (Lipinski definition) is 5. The predicted molar refractivity (Wildman–Crippen MR) is 191 cm³/mol. The number of amides is 1. The summed E-state index contributed by atoms with van der Waals surface area (Å²) in [6.45, 7) is 6.74. The largest absolute Gasteiger partial charge is 0.444 e. The number of aromatic amines is 2. The summed E-state index contributed by atoms with van der Waals surface area (Å²) in [6.07, 6.45) is 8.10. The first kappa shape index (κ1) is 31.2. The second-order valence-corrected chi connectivity index (χ2v) is 16.8. The minimum absolute atomic E-state index is 0.0140. The van der Waals surface area contributed by atoms with Crippen LogP contribution in [0.15, 0.2) is 60.8 Å². The minimum atomic E-state index is -3.15. The summed E-state index contributed by atoms with van der Waals surface area (Å²) in [5.41, 5.74) is 5.60. The van der Waals surface area contributed by atoms with Crippen molar-refractivity contribution in [3.8, 4) is 33.5 Å². The van der Waals surface area contributed by atoms with E-state index in [-0.39, 0.29) is 35.3 Å². The number of nitrogens with one attached hydrogen (secondary N) is 2. The topological polar surface area (TPSA) is 90.1 Å².